The Labute approximate surface area is 199 Å². The van der Waals surface area contributed by atoms with Crippen LogP contribution in [0, 0.1) is 0 Å². The van der Waals surface area contributed by atoms with Gasteiger partial charge in [-0.1, -0.05) is 18.2 Å². The monoisotopic (exact) mass is 482 g/mol. The molecule has 2 aliphatic rings. The lowest BCUT2D eigenvalue weighted by Crippen LogP contribution is -2.48. The number of hydrogen-bond donors (Lipinski definition) is 0. The molecule has 5 rings (SSSR count). The minimum absolute atomic E-state index is 0.253. The van der Waals surface area contributed by atoms with Crippen LogP contribution in [-0.4, -0.2) is 57.7 Å². The van der Waals surface area contributed by atoms with Gasteiger partial charge in [0, 0.05) is 32.7 Å². The van der Waals surface area contributed by atoms with E-state index in [1.165, 1.54) is 0 Å². The Morgan fingerprint density at radius 1 is 0.853 bits per heavy atom. The number of para-hydroxylation sites is 2. The van der Waals surface area contributed by atoms with E-state index in [-0.39, 0.29) is 11.7 Å². The molecule has 0 bridgehead atoms. The van der Waals surface area contributed by atoms with Crippen molar-refractivity contribution >= 4 is 10.0 Å². The Hall–Kier alpha value is -3.27. The summed E-state index contributed by atoms with van der Waals surface area (Å²) in [6.45, 7) is 3.17. The molecule has 0 saturated carbocycles. The molecule has 0 spiro atoms. The zero-order valence-corrected chi connectivity index (χ0v) is 19.7. The summed E-state index contributed by atoms with van der Waals surface area (Å²) in [5.74, 6) is 3.24. The third-order valence-corrected chi connectivity index (χ3v) is 7.85. The first kappa shape index (κ1) is 22.5. The molecule has 0 unspecified atom stereocenters. The number of ether oxygens (including phenoxy) is 4. The molecule has 0 aliphatic carbocycles. The molecule has 3 aromatic carbocycles. The molecule has 8 nitrogen and oxygen atoms in total. The van der Waals surface area contributed by atoms with Crippen LogP contribution in [-0.2, 0) is 16.6 Å². The van der Waals surface area contributed by atoms with E-state index in [9.17, 15) is 8.42 Å². The van der Waals surface area contributed by atoms with Crippen LogP contribution in [0.15, 0.2) is 71.6 Å². The molecule has 34 heavy (non-hydrogen) atoms. The Kier molecular flexibility index (Phi) is 6.32. The lowest BCUT2D eigenvalue weighted by atomic mass is 10.2. The van der Waals surface area contributed by atoms with Crippen LogP contribution < -0.4 is 18.9 Å². The van der Waals surface area contributed by atoms with Crippen molar-refractivity contribution in [2.45, 2.75) is 11.4 Å². The number of fused-ring (bicyclic) bond motifs is 1. The second kappa shape index (κ2) is 9.54. The molecule has 2 heterocycles. The van der Waals surface area contributed by atoms with Gasteiger partial charge in [-0.05, 0) is 54.1 Å². The lowest BCUT2D eigenvalue weighted by molar-refractivity contribution is 0.173. The predicted molar refractivity (Wildman–Crippen MR) is 126 cm³/mol. The molecule has 1 fully saturated rings. The number of rotatable bonds is 7. The van der Waals surface area contributed by atoms with Crippen LogP contribution in [0.4, 0.5) is 0 Å². The molecule has 3 aromatic rings. The molecule has 2 aliphatic heterocycles. The molecule has 0 radical (unpaired) electrons. The van der Waals surface area contributed by atoms with E-state index in [4.69, 9.17) is 18.9 Å². The Balaban J connectivity index is 1.20. The minimum Gasteiger partial charge on any atom is -0.493 e. The summed E-state index contributed by atoms with van der Waals surface area (Å²) < 4.78 is 49.8. The first-order valence-corrected chi connectivity index (χ1v) is 12.5. The van der Waals surface area contributed by atoms with Crippen molar-refractivity contribution in [3.05, 3.63) is 72.3 Å². The van der Waals surface area contributed by atoms with E-state index in [1.807, 2.05) is 30.3 Å². The van der Waals surface area contributed by atoms with Gasteiger partial charge in [-0.3, -0.25) is 4.90 Å². The minimum atomic E-state index is -3.58. The number of hydrogen-bond acceptors (Lipinski definition) is 7. The molecular formula is C25H26N2O6S. The highest BCUT2D eigenvalue weighted by atomic mass is 32.2. The first-order valence-electron chi connectivity index (χ1n) is 11.0. The summed E-state index contributed by atoms with van der Waals surface area (Å²) in [7, 11) is -2.00. The van der Waals surface area contributed by atoms with Gasteiger partial charge in [-0.25, -0.2) is 8.42 Å². The van der Waals surface area contributed by atoms with Gasteiger partial charge in [-0.15, -0.1) is 0 Å². The largest absolute Gasteiger partial charge is 0.493 e. The average molecular weight is 483 g/mol. The van der Waals surface area contributed by atoms with Crippen molar-refractivity contribution in [3.8, 4) is 28.7 Å². The van der Waals surface area contributed by atoms with Crippen molar-refractivity contribution in [1.29, 1.82) is 0 Å². The van der Waals surface area contributed by atoms with Crippen LogP contribution in [0.5, 0.6) is 28.7 Å². The number of piperazine rings is 1. The van der Waals surface area contributed by atoms with E-state index < -0.39 is 10.0 Å². The summed E-state index contributed by atoms with van der Waals surface area (Å²) in [5.41, 5.74) is 1.12. The summed E-state index contributed by atoms with van der Waals surface area (Å²) >= 11 is 0. The third-order valence-electron chi connectivity index (χ3n) is 5.93. The van der Waals surface area contributed by atoms with Crippen LogP contribution in [0.2, 0.25) is 0 Å². The Bertz CT molecular complexity index is 1250. The van der Waals surface area contributed by atoms with Crippen LogP contribution in [0.25, 0.3) is 0 Å². The van der Waals surface area contributed by atoms with E-state index in [0.717, 1.165) is 23.6 Å². The summed E-state index contributed by atoms with van der Waals surface area (Å²) in [6.07, 6.45) is 0. The number of methoxy groups -OCH3 is 1. The highest BCUT2D eigenvalue weighted by Crippen LogP contribution is 2.33. The van der Waals surface area contributed by atoms with Crippen molar-refractivity contribution in [2.75, 3.05) is 40.1 Å². The van der Waals surface area contributed by atoms with E-state index in [1.54, 1.807) is 47.8 Å². The van der Waals surface area contributed by atoms with Gasteiger partial charge in [0.05, 0.1) is 12.0 Å². The van der Waals surface area contributed by atoms with Gasteiger partial charge in [0.25, 0.3) is 0 Å². The normalized spacial score (nSPS) is 16.4. The standard InChI is InChI=1S/C25H26N2O6S/c1-30-22-4-2-3-5-24(22)33-20-7-9-21(10-8-20)34(28,29)27-14-12-26(13-15-27)17-19-6-11-23-25(16-19)32-18-31-23/h2-11,16H,12-15,17-18H2,1H3. The van der Waals surface area contributed by atoms with Crippen molar-refractivity contribution < 1.29 is 27.4 Å². The van der Waals surface area contributed by atoms with Crippen molar-refractivity contribution in [2.24, 2.45) is 0 Å². The van der Waals surface area contributed by atoms with E-state index in [2.05, 4.69) is 4.90 Å². The topological polar surface area (TPSA) is 77.5 Å². The maximum Gasteiger partial charge on any atom is 0.243 e. The maximum atomic E-state index is 13.2. The molecule has 1 saturated heterocycles. The molecular weight excluding hydrogens is 456 g/mol. The quantitative estimate of drug-likeness (QED) is 0.508. The molecule has 0 atom stereocenters. The van der Waals surface area contributed by atoms with Gasteiger partial charge in [0.1, 0.15) is 5.75 Å². The zero-order chi connectivity index (χ0) is 23.5. The number of nitrogens with zero attached hydrogens (tertiary/aromatic N) is 2. The average Bonchev–Trinajstić information content (AvgIpc) is 3.33. The molecule has 0 N–H and O–H groups in total. The molecule has 0 aromatic heterocycles. The van der Waals surface area contributed by atoms with Crippen LogP contribution in [0.1, 0.15) is 5.56 Å². The van der Waals surface area contributed by atoms with Crippen LogP contribution in [0.3, 0.4) is 0 Å². The maximum absolute atomic E-state index is 13.2. The molecule has 0 amide bonds. The smallest absolute Gasteiger partial charge is 0.243 e. The Morgan fingerprint density at radius 3 is 2.29 bits per heavy atom. The summed E-state index contributed by atoms with van der Waals surface area (Å²) in [5, 5.41) is 0. The predicted octanol–water partition coefficient (Wildman–Crippen LogP) is 3.72. The van der Waals surface area contributed by atoms with Gasteiger partial charge in [0.15, 0.2) is 23.0 Å². The fraction of sp³-hybridized carbons (Fsp3) is 0.280. The lowest BCUT2D eigenvalue weighted by Gasteiger charge is -2.34. The zero-order valence-electron chi connectivity index (χ0n) is 18.8. The molecule has 9 heteroatoms. The first-order chi connectivity index (χ1) is 16.5. The van der Waals surface area contributed by atoms with Gasteiger partial charge < -0.3 is 18.9 Å². The SMILES string of the molecule is COc1ccccc1Oc1ccc(S(=O)(=O)N2CCN(Cc3ccc4c(c3)OCO4)CC2)cc1. The fourth-order valence-electron chi connectivity index (χ4n) is 4.08. The highest BCUT2D eigenvalue weighted by molar-refractivity contribution is 7.89. The van der Waals surface area contributed by atoms with Crippen molar-refractivity contribution in [1.82, 2.24) is 9.21 Å². The number of sulfonamides is 1. The third kappa shape index (κ3) is 4.68. The summed E-state index contributed by atoms with van der Waals surface area (Å²) in [4.78, 5) is 2.50. The van der Waals surface area contributed by atoms with E-state index >= 15 is 0 Å². The van der Waals surface area contributed by atoms with Crippen LogP contribution >= 0.6 is 0 Å². The summed E-state index contributed by atoms with van der Waals surface area (Å²) in [6, 6.07) is 19.7. The highest BCUT2D eigenvalue weighted by Gasteiger charge is 2.28. The van der Waals surface area contributed by atoms with Gasteiger partial charge in [-0.2, -0.15) is 4.31 Å². The van der Waals surface area contributed by atoms with Crippen molar-refractivity contribution in [3.63, 3.8) is 0 Å². The second-order valence-electron chi connectivity index (χ2n) is 8.09. The second-order valence-corrected chi connectivity index (χ2v) is 10.0. The Morgan fingerprint density at radius 2 is 1.56 bits per heavy atom. The number of benzene rings is 3. The molecule has 178 valence electrons. The van der Waals surface area contributed by atoms with Gasteiger partial charge >= 0.3 is 0 Å². The van der Waals surface area contributed by atoms with Gasteiger partial charge in [0.2, 0.25) is 16.8 Å². The fourth-order valence-corrected chi connectivity index (χ4v) is 5.51. The van der Waals surface area contributed by atoms with E-state index in [0.29, 0.717) is 43.4 Å².